The maximum absolute atomic E-state index is 6.01. The molecule has 1 aliphatic heterocycles. The fraction of sp³-hybridized carbons (Fsp3) is 0.692. The Hall–Kier alpha value is 0.1000. The lowest BCUT2D eigenvalue weighted by atomic mass is 10.0. The Labute approximate surface area is 115 Å². The number of nitrogens with zero attached hydrogens (tertiary/aromatic N) is 1. The van der Waals surface area contributed by atoms with Gasteiger partial charge in [-0.3, -0.25) is 4.90 Å². The highest BCUT2D eigenvalue weighted by Gasteiger charge is 2.39. The molecule has 2 fully saturated rings. The average molecular weight is 315 g/mol. The van der Waals surface area contributed by atoms with Gasteiger partial charge >= 0.3 is 0 Å². The number of hydrogen-bond donors (Lipinski definition) is 1. The van der Waals surface area contributed by atoms with Gasteiger partial charge in [-0.25, -0.2) is 0 Å². The van der Waals surface area contributed by atoms with Gasteiger partial charge in [-0.2, -0.15) is 0 Å². The standard InChI is InChI=1S/C13H19BrN2S/c14-11-4-5-17-13(11)12(6-15)16-7-9-2-1-3-10(9)8-16/h4-5,9-10,12H,1-3,6-8,15H2. The highest BCUT2D eigenvalue weighted by Crippen LogP contribution is 2.42. The molecule has 4 heteroatoms. The summed E-state index contributed by atoms with van der Waals surface area (Å²) in [5.41, 5.74) is 6.01. The second kappa shape index (κ2) is 5.00. The summed E-state index contributed by atoms with van der Waals surface area (Å²) in [5, 5.41) is 2.15. The first kappa shape index (κ1) is 12.2. The van der Waals surface area contributed by atoms with Gasteiger partial charge in [-0.05, 0) is 52.1 Å². The molecule has 0 spiro atoms. The Morgan fingerprint density at radius 2 is 2.12 bits per heavy atom. The molecule has 0 bridgehead atoms. The molecule has 2 heterocycles. The third-order valence-electron chi connectivity index (χ3n) is 4.37. The fourth-order valence-electron chi connectivity index (χ4n) is 3.49. The molecule has 1 aromatic heterocycles. The number of rotatable bonds is 3. The lowest BCUT2D eigenvalue weighted by Crippen LogP contribution is -2.32. The minimum atomic E-state index is 0.426. The first-order valence-electron chi connectivity index (χ1n) is 6.46. The maximum atomic E-state index is 6.01. The van der Waals surface area contributed by atoms with Gasteiger partial charge in [-0.15, -0.1) is 11.3 Å². The molecule has 1 saturated heterocycles. The van der Waals surface area contributed by atoms with Crippen molar-refractivity contribution in [1.29, 1.82) is 0 Å². The van der Waals surface area contributed by atoms with Gasteiger partial charge in [0.1, 0.15) is 0 Å². The van der Waals surface area contributed by atoms with E-state index in [0.29, 0.717) is 6.04 Å². The first-order valence-corrected chi connectivity index (χ1v) is 8.14. The third kappa shape index (κ3) is 2.21. The number of likely N-dealkylation sites (tertiary alicyclic amines) is 1. The number of thiophene rings is 1. The zero-order valence-corrected chi connectivity index (χ0v) is 12.3. The first-order chi connectivity index (χ1) is 8.29. The smallest absolute Gasteiger partial charge is 0.0575 e. The van der Waals surface area contributed by atoms with Crippen LogP contribution in [0.2, 0.25) is 0 Å². The predicted molar refractivity (Wildman–Crippen MR) is 76.2 cm³/mol. The van der Waals surface area contributed by atoms with Crippen molar-refractivity contribution in [2.45, 2.75) is 25.3 Å². The van der Waals surface area contributed by atoms with Gasteiger partial charge in [0.15, 0.2) is 0 Å². The van der Waals surface area contributed by atoms with Crippen molar-refractivity contribution in [3.8, 4) is 0 Å². The van der Waals surface area contributed by atoms with Gasteiger partial charge in [0, 0.05) is 29.0 Å². The van der Waals surface area contributed by atoms with E-state index in [-0.39, 0.29) is 0 Å². The molecule has 1 aromatic rings. The van der Waals surface area contributed by atoms with Crippen molar-refractivity contribution in [1.82, 2.24) is 4.90 Å². The summed E-state index contributed by atoms with van der Waals surface area (Å²) < 4.78 is 1.23. The van der Waals surface area contributed by atoms with Gasteiger partial charge < -0.3 is 5.73 Å². The van der Waals surface area contributed by atoms with Crippen LogP contribution in [0.5, 0.6) is 0 Å². The predicted octanol–water partition coefficient (Wildman–Crippen LogP) is 3.24. The van der Waals surface area contributed by atoms with Crippen LogP contribution in [-0.4, -0.2) is 24.5 Å². The Bertz CT molecular complexity index is 381. The molecule has 2 aliphatic rings. The van der Waals surface area contributed by atoms with E-state index in [2.05, 4.69) is 32.3 Å². The molecule has 2 nitrogen and oxygen atoms in total. The van der Waals surface area contributed by atoms with E-state index in [1.165, 1.54) is 41.7 Å². The van der Waals surface area contributed by atoms with Gasteiger partial charge in [0.25, 0.3) is 0 Å². The summed E-state index contributed by atoms with van der Waals surface area (Å²) in [6.45, 7) is 3.26. The van der Waals surface area contributed by atoms with Crippen molar-refractivity contribution >= 4 is 27.3 Å². The molecule has 3 unspecified atom stereocenters. The number of fused-ring (bicyclic) bond motifs is 1. The summed E-state index contributed by atoms with van der Waals surface area (Å²) >= 11 is 5.47. The van der Waals surface area contributed by atoms with Crippen LogP contribution in [0.4, 0.5) is 0 Å². The SMILES string of the molecule is NCC(c1sccc1Br)N1CC2CCCC2C1. The van der Waals surface area contributed by atoms with E-state index >= 15 is 0 Å². The highest BCUT2D eigenvalue weighted by molar-refractivity contribution is 9.10. The monoisotopic (exact) mass is 314 g/mol. The van der Waals surface area contributed by atoms with Crippen molar-refractivity contribution in [3.63, 3.8) is 0 Å². The van der Waals surface area contributed by atoms with Crippen molar-refractivity contribution in [2.24, 2.45) is 17.6 Å². The zero-order valence-electron chi connectivity index (χ0n) is 9.94. The van der Waals surface area contributed by atoms with Crippen LogP contribution >= 0.6 is 27.3 Å². The Morgan fingerprint density at radius 3 is 2.65 bits per heavy atom. The molecule has 1 saturated carbocycles. The zero-order chi connectivity index (χ0) is 11.8. The second-order valence-corrected chi connectivity index (χ2v) is 7.09. The van der Waals surface area contributed by atoms with Crippen molar-refractivity contribution in [3.05, 3.63) is 20.8 Å². The molecular formula is C13H19BrN2S. The minimum absolute atomic E-state index is 0.426. The molecule has 1 aliphatic carbocycles. The number of hydrogen-bond acceptors (Lipinski definition) is 3. The van der Waals surface area contributed by atoms with E-state index in [9.17, 15) is 0 Å². The summed E-state index contributed by atoms with van der Waals surface area (Å²) in [7, 11) is 0. The van der Waals surface area contributed by atoms with Crippen LogP contribution < -0.4 is 5.73 Å². The summed E-state index contributed by atoms with van der Waals surface area (Å²) in [6, 6.07) is 2.56. The van der Waals surface area contributed by atoms with E-state index < -0.39 is 0 Å². The Morgan fingerprint density at radius 1 is 1.41 bits per heavy atom. The van der Waals surface area contributed by atoms with Crippen molar-refractivity contribution in [2.75, 3.05) is 19.6 Å². The molecule has 0 aromatic carbocycles. The quantitative estimate of drug-likeness (QED) is 0.928. The second-order valence-electron chi connectivity index (χ2n) is 5.29. The van der Waals surface area contributed by atoms with Crippen LogP contribution in [-0.2, 0) is 0 Å². The van der Waals surface area contributed by atoms with Crippen LogP contribution in [0.15, 0.2) is 15.9 Å². The average Bonchev–Trinajstić information content (AvgIpc) is 2.96. The van der Waals surface area contributed by atoms with Crippen LogP contribution in [0.1, 0.15) is 30.2 Å². The number of halogens is 1. The molecular weight excluding hydrogens is 296 g/mol. The minimum Gasteiger partial charge on any atom is -0.329 e. The molecule has 0 amide bonds. The molecule has 3 rings (SSSR count). The summed E-state index contributed by atoms with van der Waals surface area (Å²) in [6.07, 6.45) is 4.31. The Kier molecular flexibility index (Phi) is 3.57. The lowest BCUT2D eigenvalue weighted by molar-refractivity contribution is 0.234. The topological polar surface area (TPSA) is 29.3 Å². The number of nitrogens with two attached hydrogens (primary N) is 1. The Balaban J connectivity index is 1.76. The molecule has 3 atom stereocenters. The van der Waals surface area contributed by atoms with Crippen LogP contribution in [0.3, 0.4) is 0 Å². The van der Waals surface area contributed by atoms with Gasteiger partial charge in [0.2, 0.25) is 0 Å². The van der Waals surface area contributed by atoms with E-state index in [1.54, 1.807) is 0 Å². The van der Waals surface area contributed by atoms with E-state index in [1.807, 2.05) is 11.3 Å². The molecule has 2 N–H and O–H groups in total. The summed E-state index contributed by atoms with van der Waals surface area (Å²) in [4.78, 5) is 4.03. The van der Waals surface area contributed by atoms with E-state index in [0.717, 1.165) is 18.4 Å². The molecule has 17 heavy (non-hydrogen) atoms. The molecule has 94 valence electrons. The fourth-order valence-corrected chi connectivity index (χ4v) is 5.28. The van der Waals surface area contributed by atoms with Crippen LogP contribution in [0.25, 0.3) is 0 Å². The maximum Gasteiger partial charge on any atom is 0.0575 e. The largest absolute Gasteiger partial charge is 0.329 e. The van der Waals surface area contributed by atoms with Gasteiger partial charge in [0.05, 0.1) is 6.04 Å². The van der Waals surface area contributed by atoms with Crippen LogP contribution in [0, 0.1) is 11.8 Å². The third-order valence-corrected chi connectivity index (χ3v) is 6.34. The van der Waals surface area contributed by atoms with Gasteiger partial charge in [-0.1, -0.05) is 6.42 Å². The normalized spacial score (nSPS) is 30.7. The summed E-state index contributed by atoms with van der Waals surface area (Å²) in [5.74, 6) is 1.89. The lowest BCUT2D eigenvalue weighted by Gasteiger charge is -2.27. The molecule has 0 radical (unpaired) electrons. The van der Waals surface area contributed by atoms with E-state index in [4.69, 9.17) is 5.73 Å². The van der Waals surface area contributed by atoms with Crippen molar-refractivity contribution < 1.29 is 0 Å². The highest BCUT2D eigenvalue weighted by atomic mass is 79.9.